The largest absolute Gasteiger partial charge is 0.497 e. The molecular weight excluding hydrogens is 342 g/mol. The second kappa shape index (κ2) is 8.40. The predicted octanol–water partition coefficient (Wildman–Crippen LogP) is 3.70. The third kappa shape index (κ3) is 4.11. The Bertz CT molecular complexity index is 899. The average Bonchev–Trinajstić information content (AvgIpc) is 3.17. The van der Waals surface area contributed by atoms with Crippen LogP contribution < -0.4 is 14.8 Å². The van der Waals surface area contributed by atoms with Crippen molar-refractivity contribution < 1.29 is 14.3 Å². The molecule has 140 valence electrons. The Labute approximate surface area is 158 Å². The lowest BCUT2D eigenvalue weighted by Gasteiger charge is -2.08. The van der Waals surface area contributed by atoms with Crippen LogP contribution in [-0.4, -0.2) is 36.5 Å². The van der Waals surface area contributed by atoms with Crippen molar-refractivity contribution in [1.82, 2.24) is 15.1 Å². The van der Waals surface area contributed by atoms with Gasteiger partial charge in [0.2, 0.25) is 0 Å². The summed E-state index contributed by atoms with van der Waals surface area (Å²) >= 11 is 0. The molecular formula is C21H23N3O3. The molecule has 6 nitrogen and oxygen atoms in total. The van der Waals surface area contributed by atoms with E-state index in [1.165, 1.54) is 0 Å². The number of methoxy groups -OCH3 is 2. The van der Waals surface area contributed by atoms with Gasteiger partial charge in [0.15, 0.2) is 0 Å². The minimum atomic E-state index is -0.153. The molecule has 0 aliphatic rings. The number of aromatic nitrogens is 2. The van der Waals surface area contributed by atoms with Crippen molar-refractivity contribution in [3.05, 3.63) is 60.3 Å². The fraction of sp³-hybridized carbons (Fsp3) is 0.238. The van der Waals surface area contributed by atoms with E-state index in [-0.39, 0.29) is 5.91 Å². The second-order valence-electron chi connectivity index (χ2n) is 6.01. The van der Waals surface area contributed by atoms with E-state index in [0.29, 0.717) is 12.2 Å². The first-order valence-corrected chi connectivity index (χ1v) is 8.83. The molecule has 3 rings (SSSR count). The van der Waals surface area contributed by atoms with Gasteiger partial charge in [0, 0.05) is 12.1 Å². The van der Waals surface area contributed by atoms with Gasteiger partial charge in [-0.05, 0) is 61.0 Å². The number of carbonyl (C=O) groups is 1. The number of rotatable bonds is 7. The highest BCUT2D eigenvalue weighted by Gasteiger charge is 2.17. The van der Waals surface area contributed by atoms with Crippen LogP contribution in [0, 0.1) is 0 Å². The molecule has 6 heteroatoms. The molecule has 2 aromatic carbocycles. The van der Waals surface area contributed by atoms with Gasteiger partial charge >= 0.3 is 0 Å². The van der Waals surface area contributed by atoms with Gasteiger partial charge in [0.05, 0.1) is 25.6 Å². The van der Waals surface area contributed by atoms with Crippen molar-refractivity contribution >= 4 is 5.91 Å². The summed E-state index contributed by atoms with van der Waals surface area (Å²) in [5.41, 5.74) is 2.90. The Balaban J connectivity index is 2.02. The molecule has 0 fully saturated rings. The quantitative estimate of drug-likeness (QED) is 0.693. The second-order valence-corrected chi connectivity index (χ2v) is 6.01. The van der Waals surface area contributed by atoms with Crippen molar-refractivity contribution in [3.8, 4) is 28.4 Å². The summed E-state index contributed by atoms with van der Waals surface area (Å²) in [4.78, 5) is 12.6. The first kappa shape index (κ1) is 18.5. The van der Waals surface area contributed by atoms with Gasteiger partial charge < -0.3 is 14.8 Å². The lowest BCUT2D eigenvalue weighted by Crippen LogP contribution is -2.26. The maximum absolute atomic E-state index is 12.6. The number of nitrogens with zero attached hydrogens (tertiary/aromatic N) is 2. The highest BCUT2D eigenvalue weighted by atomic mass is 16.5. The van der Waals surface area contributed by atoms with Crippen LogP contribution in [0.25, 0.3) is 16.9 Å². The molecule has 1 aromatic heterocycles. The number of nitrogens with one attached hydrogen (secondary N) is 1. The zero-order valence-electron chi connectivity index (χ0n) is 15.7. The summed E-state index contributed by atoms with van der Waals surface area (Å²) in [7, 11) is 3.25. The van der Waals surface area contributed by atoms with Gasteiger partial charge in [-0.3, -0.25) is 4.79 Å². The number of carbonyl (C=O) groups excluding carboxylic acids is 1. The molecule has 0 bridgehead atoms. The summed E-state index contributed by atoms with van der Waals surface area (Å²) in [5.74, 6) is 1.37. The molecule has 1 amide bonds. The van der Waals surface area contributed by atoms with Crippen molar-refractivity contribution in [3.63, 3.8) is 0 Å². The Kier molecular flexibility index (Phi) is 5.76. The van der Waals surface area contributed by atoms with Crippen LogP contribution in [0.3, 0.4) is 0 Å². The number of ether oxygens (including phenoxy) is 2. The van der Waals surface area contributed by atoms with Gasteiger partial charge in [0.25, 0.3) is 5.91 Å². The Hall–Kier alpha value is -3.28. The van der Waals surface area contributed by atoms with Crippen molar-refractivity contribution in [2.24, 2.45) is 0 Å². The van der Waals surface area contributed by atoms with E-state index in [9.17, 15) is 4.79 Å². The number of benzene rings is 2. The smallest absolute Gasteiger partial charge is 0.270 e. The number of hydrogen-bond acceptors (Lipinski definition) is 4. The lowest BCUT2D eigenvalue weighted by atomic mass is 10.1. The van der Waals surface area contributed by atoms with Gasteiger partial charge in [0.1, 0.15) is 17.2 Å². The number of amides is 1. The van der Waals surface area contributed by atoms with E-state index in [2.05, 4.69) is 10.4 Å². The Morgan fingerprint density at radius 1 is 1.00 bits per heavy atom. The summed E-state index contributed by atoms with van der Waals surface area (Å²) in [6, 6.07) is 16.8. The fourth-order valence-corrected chi connectivity index (χ4v) is 2.70. The predicted molar refractivity (Wildman–Crippen MR) is 105 cm³/mol. The van der Waals surface area contributed by atoms with Crippen molar-refractivity contribution in [2.45, 2.75) is 13.3 Å². The summed E-state index contributed by atoms with van der Waals surface area (Å²) in [6.45, 7) is 2.63. The molecule has 0 saturated carbocycles. The standard InChI is InChI=1S/C21H23N3O3/c1-4-13-22-21(25)20-14-19(15-5-9-17(26-2)10-6-15)23-24(20)16-7-11-18(27-3)12-8-16/h5-12,14H,4,13H2,1-3H3,(H,22,25). The first-order chi connectivity index (χ1) is 13.2. The molecule has 1 heterocycles. The van der Waals surface area contributed by atoms with Gasteiger partial charge in [-0.1, -0.05) is 6.92 Å². The van der Waals surface area contributed by atoms with E-state index in [1.807, 2.05) is 55.5 Å². The molecule has 0 radical (unpaired) electrons. The minimum Gasteiger partial charge on any atom is -0.497 e. The first-order valence-electron chi connectivity index (χ1n) is 8.83. The summed E-state index contributed by atoms with van der Waals surface area (Å²) in [5, 5.41) is 7.58. The third-order valence-electron chi connectivity index (χ3n) is 4.18. The molecule has 0 spiro atoms. The van der Waals surface area contributed by atoms with Crippen molar-refractivity contribution in [1.29, 1.82) is 0 Å². The molecule has 27 heavy (non-hydrogen) atoms. The fourth-order valence-electron chi connectivity index (χ4n) is 2.70. The Morgan fingerprint density at radius 2 is 1.59 bits per heavy atom. The van der Waals surface area contributed by atoms with Crippen LogP contribution in [0.2, 0.25) is 0 Å². The van der Waals surface area contributed by atoms with E-state index >= 15 is 0 Å². The molecule has 0 unspecified atom stereocenters. The van der Waals surface area contributed by atoms with Crippen LogP contribution in [-0.2, 0) is 0 Å². The normalized spacial score (nSPS) is 10.5. The monoisotopic (exact) mass is 365 g/mol. The zero-order chi connectivity index (χ0) is 19.2. The topological polar surface area (TPSA) is 65.4 Å². The maximum atomic E-state index is 12.6. The van der Waals surface area contributed by atoms with Crippen LogP contribution in [0.4, 0.5) is 0 Å². The average molecular weight is 365 g/mol. The van der Waals surface area contributed by atoms with E-state index in [0.717, 1.165) is 34.9 Å². The summed E-state index contributed by atoms with van der Waals surface area (Å²) < 4.78 is 12.1. The Morgan fingerprint density at radius 3 is 2.15 bits per heavy atom. The third-order valence-corrected chi connectivity index (χ3v) is 4.18. The van der Waals surface area contributed by atoms with Gasteiger partial charge in [-0.2, -0.15) is 5.10 Å². The van der Waals surface area contributed by atoms with Crippen LogP contribution in [0.15, 0.2) is 54.6 Å². The molecule has 0 aliphatic heterocycles. The lowest BCUT2D eigenvalue weighted by molar-refractivity contribution is 0.0946. The molecule has 0 aliphatic carbocycles. The van der Waals surface area contributed by atoms with Gasteiger partial charge in [-0.15, -0.1) is 0 Å². The molecule has 0 saturated heterocycles. The zero-order valence-corrected chi connectivity index (χ0v) is 15.7. The molecule has 0 atom stereocenters. The minimum absolute atomic E-state index is 0.153. The maximum Gasteiger partial charge on any atom is 0.270 e. The molecule has 1 N–H and O–H groups in total. The van der Waals surface area contributed by atoms with Crippen LogP contribution >= 0.6 is 0 Å². The van der Waals surface area contributed by atoms with Crippen LogP contribution in [0.5, 0.6) is 11.5 Å². The summed E-state index contributed by atoms with van der Waals surface area (Å²) in [6.07, 6.45) is 0.869. The SMILES string of the molecule is CCCNC(=O)c1cc(-c2ccc(OC)cc2)nn1-c1ccc(OC)cc1. The van der Waals surface area contributed by atoms with E-state index in [4.69, 9.17) is 9.47 Å². The van der Waals surface area contributed by atoms with Crippen LogP contribution in [0.1, 0.15) is 23.8 Å². The van der Waals surface area contributed by atoms with Gasteiger partial charge in [-0.25, -0.2) is 4.68 Å². The number of hydrogen-bond donors (Lipinski definition) is 1. The highest BCUT2D eigenvalue weighted by molar-refractivity contribution is 5.94. The van der Waals surface area contributed by atoms with E-state index < -0.39 is 0 Å². The molecule has 3 aromatic rings. The van der Waals surface area contributed by atoms with Crippen molar-refractivity contribution in [2.75, 3.05) is 20.8 Å². The van der Waals surface area contributed by atoms with E-state index in [1.54, 1.807) is 25.0 Å². The highest BCUT2D eigenvalue weighted by Crippen LogP contribution is 2.25.